The number of aryl methyl sites for hydroxylation is 2. The van der Waals surface area contributed by atoms with Gasteiger partial charge in [0.25, 0.3) is 5.91 Å². The second-order valence-electron chi connectivity index (χ2n) is 7.51. The molecule has 7 heteroatoms. The van der Waals surface area contributed by atoms with Crippen LogP contribution in [0.15, 0.2) is 60.8 Å². The molecule has 7 nitrogen and oxygen atoms in total. The molecule has 2 aromatic heterocycles. The van der Waals surface area contributed by atoms with Gasteiger partial charge in [-0.1, -0.05) is 29.8 Å². The monoisotopic (exact) mass is 430 g/mol. The van der Waals surface area contributed by atoms with Crippen LogP contribution in [0.4, 0.5) is 0 Å². The minimum absolute atomic E-state index is 0.172. The summed E-state index contributed by atoms with van der Waals surface area (Å²) in [6, 6.07) is 17.3. The average Bonchev–Trinajstić information content (AvgIpc) is 3.20. The number of hydrogen-bond acceptors (Lipinski definition) is 5. The fraction of sp³-hybridized carbons (Fsp3) is 0.240. The molecule has 0 saturated carbocycles. The molecule has 32 heavy (non-hydrogen) atoms. The van der Waals surface area contributed by atoms with Crippen LogP contribution in [0.5, 0.6) is 11.5 Å². The van der Waals surface area contributed by atoms with Crippen LogP contribution in [0.2, 0.25) is 0 Å². The zero-order valence-corrected chi connectivity index (χ0v) is 18.5. The number of rotatable bonds is 8. The lowest BCUT2D eigenvalue weighted by atomic mass is 10.1. The molecule has 0 unspecified atom stereocenters. The second kappa shape index (κ2) is 9.51. The molecule has 0 saturated heterocycles. The Morgan fingerprint density at radius 3 is 2.44 bits per heavy atom. The van der Waals surface area contributed by atoms with E-state index < -0.39 is 0 Å². The number of carbonyl (C=O) groups is 1. The lowest BCUT2D eigenvalue weighted by molar-refractivity contribution is 0.0952. The van der Waals surface area contributed by atoms with Gasteiger partial charge in [-0.15, -0.1) is 0 Å². The summed E-state index contributed by atoms with van der Waals surface area (Å²) in [5.74, 6) is 1.86. The van der Waals surface area contributed by atoms with E-state index in [4.69, 9.17) is 14.5 Å². The Labute approximate surface area is 187 Å². The topological polar surface area (TPSA) is 78.3 Å². The average molecular weight is 431 g/mol. The third-order valence-electron chi connectivity index (χ3n) is 5.27. The van der Waals surface area contributed by atoms with Gasteiger partial charge in [0.05, 0.1) is 14.2 Å². The molecule has 1 N–H and O–H groups in total. The zero-order chi connectivity index (χ0) is 22.5. The van der Waals surface area contributed by atoms with E-state index in [0.29, 0.717) is 30.2 Å². The van der Waals surface area contributed by atoms with E-state index in [9.17, 15) is 4.79 Å². The van der Waals surface area contributed by atoms with Gasteiger partial charge in [0.1, 0.15) is 22.8 Å². The SMILES string of the molecule is COc1cc(OC)cc(C(=O)NCCCn2c(-c3ccc(C)cc3)nc3cccnc32)c1. The lowest BCUT2D eigenvalue weighted by Gasteiger charge is -2.11. The smallest absolute Gasteiger partial charge is 0.251 e. The Morgan fingerprint density at radius 1 is 1.03 bits per heavy atom. The molecule has 0 atom stereocenters. The van der Waals surface area contributed by atoms with Crippen LogP contribution in [0.25, 0.3) is 22.6 Å². The van der Waals surface area contributed by atoms with Crippen molar-refractivity contribution in [1.82, 2.24) is 19.9 Å². The molecule has 0 radical (unpaired) electrons. The van der Waals surface area contributed by atoms with Gasteiger partial charge in [-0.2, -0.15) is 0 Å². The number of benzene rings is 2. The molecular formula is C25H26N4O3. The first-order chi connectivity index (χ1) is 15.6. The summed E-state index contributed by atoms with van der Waals surface area (Å²) in [6.07, 6.45) is 2.51. The Balaban J connectivity index is 1.47. The van der Waals surface area contributed by atoms with Gasteiger partial charge in [0, 0.05) is 36.5 Å². The number of pyridine rings is 1. The van der Waals surface area contributed by atoms with Crippen molar-refractivity contribution in [3.8, 4) is 22.9 Å². The molecule has 164 valence electrons. The maximum Gasteiger partial charge on any atom is 0.251 e. The summed E-state index contributed by atoms with van der Waals surface area (Å²) in [7, 11) is 3.12. The summed E-state index contributed by atoms with van der Waals surface area (Å²) in [4.78, 5) is 21.9. The number of methoxy groups -OCH3 is 2. The minimum Gasteiger partial charge on any atom is -0.497 e. The van der Waals surface area contributed by atoms with Gasteiger partial charge in [-0.25, -0.2) is 9.97 Å². The predicted molar refractivity (Wildman–Crippen MR) is 124 cm³/mol. The summed E-state index contributed by atoms with van der Waals surface area (Å²) >= 11 is 0. The van der Waals surface area contributed by atoms with Crippen molar-refractivity contribution in [1.29, 1.82) is 0 Å². The van der Waals surface area contributed by atoms with Crippen molar-refractivity contribution in [3.63, 3.8) is 0 Å². The van der Waals surface area contributed by atoms with E-state index in [-0.39, 0.29) is 5.91 Å². The van der Waals surface area contributed by atoms with Gasteiger partial charge < -0.3 is 19.4 Å². The van der Waals surface area contributed by atoms with E-state index >= 15 is 0 Å². The van der Waals surface area contributed by atoms with E-state index in [1.807, 2.05) is 12.1 Å². The number of fused-ring (bicyclic) bond motifs is 1. The van der Waals surface area contributed by atoms with Crippen LogP contribution in [-0.4, -0.2) is 41.2 Å². The molecule has 0 aliphatic heterocycles. The highest BCUT2D eigenvalue weighted by molar-refractivity contribution is 5.95. The van der Waals surface area contributed by atoms with Crippen LogP contribution >= 0.6 is 0 Å². The number of hydrogen-bond donors (Lipinski definition) is 1. The third kappa shape index (κ3) is 4.56. The van der Waals surface area contributed by atoms with Crippen molar-refractivity contribution >= 4 is 17.1 Å². The van der Waals surface area contributed by atoms with Gasteiger partial charge in [0.15, 0.2) is 5.65 Å². The van der Waals surface area contributed by atoms with E-state index in [1.165, 1.54) is 5.56 Å². The van der Waals surface area contributed by atoms with Crippen LogP contribution in [0.1, 0.15) is 22.3 Å². The summed E-state index contributed by atoms with van der Waals surface area (Å²) in [6.45, 7) is 3.26. The fourth-order valence-corrected chi connectivity index (χ4v) is 3.57. The van der Waals surface area contributed by atoms with E-state index in [1.54, 1.807) is 38.6 Å². The second-order valence-corrected chi connectivity index (χ2v) is 7.51. The molecule has 0 fully saturated rings. The van der Waals surface area contributed by atoms with Gasteiger partial charge in [-0.3, -0.25) is 4.79 Å². The molecular weight excluding hydrogens is 404 g/mol. The number of aromatic nitrogens is 3. The predicted octanol–water partition coefficient (Wildman–Crippen LogP) is 4.24. The molecule has 4 rings (SSSR count). The van der Waals surface area contributed by atoms with Crippen LogP contribution < -0.4 is 14.8 Å². The zero-order valence-electron chi connectivity index (χ0n) is 18.5. The molecule has 2 heterocycles. The highest BCUT2D eigenvalue weighted by Crippen LogP contribution is 2.25. The first-order valence-electron chi connectivity index (χ1n) is 10.5. The standard InChI is InChI=1S/C25H26N4O3/c1-17-7-9-18(10-8-17)23-28-22-6-4-11-26-24(22)29(23)13-5-12-27-25(30)19-14-20(31-2)16-21(15-19)32-3/h4,6-11,14-16H,5,12-13H2,1-3H3,(H,27,30). The maximum atomic E-state index is 12.6. The normalized spacial score (nSPS) is 10.8. The quantitative estimate of drug-likeness (QED) is 0.423. The van der Waals surface area contributed by atoms with E-state index in [2.05, 4.69) is 46.1 Å². The first kappa shape index (κ1) is 21.4. The largest absolute Gasteiger partial charge is 0.497 e. The minimum atomic E-state index is -0.172. The van der Waals surface area contributed by atoms with E-state index in [0.717, 1.165) is 29.0 Å². The summed E-state index contributed by atoms with van der Waals surface area (Å²) in [5, 5.41) is 2.97. The van der Waals surface area contributed by atoms with Crippen molar-refractivity contribution in [2.24, 2.45) is 0 Å². The van der Waals surface area contributed by atoms with Crippen LogP contribution in [0, 0.1) is 6.92 Å². The molecule has 0 aliphatic rings. The van der Waals surface area contributed by atoms with Gasteiger partial charge in [-0.05, 0) is 37.6 Å². The number of amides is 1. The fourth-order valence-electron chi connectivity index (χ4n) is 3.57. The highest BCUT2D eigenvalue weighted by Gasteiger charge is 2.14. The highest BCUT2D eigenvalue weighted by atomic mass is 16.5. The lowest BCUT2D eigenvalue weighted by Crippen LogP contribution is -2.25. The number of ether oxygens (including phenoxy) is 2. The Bertz CT molecular complexity index is 1210. The molecule has 0 aliphatic carbocycles. The van der Waals surface area contributed by atoms with Crippen LogP contribution in [0.3, 0.4) is 0 Å². The van der Waals surface area contributed by atoms with Crippen molar-refractivity contribution < 1.29 is 14.3 Å². The number of nitrogens with one attached hydrogen (secondary N) is 1. The third-order valence-corrected chi connectivity index (χ3v) is 5.27. The Hall–Kier alpha value is -3.87. The summed E-state index contributed by atoms with van der Waals surface area (Å²) < 4.78 is 12.6. The molecule has 1 amide bonds. The molecule has 4 aromatic rings. The Kier molecular flexibility index (Phi) is 6.35. The first-order valence-corrected chi connectivity index (χ1v) is 10.5. The van der Waals surface area contributed by atoms with Crippen molar-refractivity contribution in [3.05, 3.63) is 71.9 Å². The summed E-state index contributed by atoms with van der Waals surface area (Å²) in [5.41, 5.74) is 4.44. The number of imidazole rings is 1. The molecule has 2 aromatic carbocycles. The number of nitrogens with zero attached hydrogens (tertiary/aromatic N) is 3. The molecule has 0 bridgehead atoms. The maximum absolute atomic E-state index is 12.6. The Morgan fingerprint density at radius 2 is 1.75 bits per heavy atom. The van der Waals surface area contributed by atoms with Crippen molar-refractivity contribution in [2.75, 3.05) is 20.8 Å². The van der Waals surface area contributed by atoms with Crippen molar-refractivity contribution in [2.45, 2.75) is 19.9 Å². The van der Waals surface area contributed by atoms with Gasteiger partial charge in [0.2, 0.25) is 0 Å². The number of carbonyl (C=O) groups excluding carboxylic acids is 1. The van der Waals surface area contributed by atoms with Crippen LogP contribution in [-0.2, 0) is 6.54 Å². The molecule has 0 spiro atoms. The van der Waals surface area contributed by atoms with Gasteiger partial charge >= 0.3 is 0 Å².